The van der Waals surface area contributed by atoms with Gasteiger partial charge < -0.3 is 5.32 Å². The lowest BCUT2D eigenvalue weighted by atomic mass is 9.99. The average molecular weight is 471 g/mol. The van der Waals surface area contributed by atoms with E-state index in [0.717, 1.165) is 31.2 Å². The van der Waals surface area contributed by atoms with Gasteiger partial charge in [0.15, 0.2) is 0 Å². The molecular weight excluding hydrogens is 440 g/mol. The van der Waals surface area contributed by atoms with E-state index >= 15 is 0 Å². The molecule has 2 aromatic rings. The van der Waals surface area contributed by atoms with Gasteiger partial charge in [-0.1, -0.05) is 69.2 Å². The molecule has 1 amide bonds. The van der Waals surface area contributed by atoms with Crippen LogP contribution in [0.15, 0.2) is 40.7 Å². The van der Waals surface area contributed by atoms with Gasteiger partial charge in [0, 0.05) is 19.3 Å². The summed E-state index contributed by atoms with van der Waals surface area (Å²) in [4.78, 5) is 33.2. The highest BCUT2D eigenvalue weighted by atomic mass is 32.2. The topological polar surface area (TPSA) is 66.7 Å². The van der Waals surface area contributed by atoms with Crippen LogP contribution >= 0.6 is 24.0 Å². The molecular formula is C24H30N4O2S2. The number of amides is 1. The first kappa shape index (κ1) is 24.2. The Bertz CT molecular complexity index is 1120. The number of hydrogen-bond donors (Lipinski definition) is 1. The molecule has 32 heavy (non-hydrogen) atoms. The predicted molar refractivity (Wildman–Crippen MR) is 138 cm³/mol. The maximum Gasteiger partial charge on any atom is 0.267 e. The molecule has 2 aromatic heterocycles. The molecule has 0 radical (unpaired) electrons. The number of thiocarbonyl (C=S) groups is 1. The normalized spacial score (nSPS) is 16.2. The van der Waals surface area contributed by atoms with E-state index in [1.807, 2.05) is 13.0 Å². The van der Waals surface area contributed by atoms with Crippen molar-refractivity contribution in [3.63, 3.8) is 0 Å². The van der Waals surface area contributed by atoms with Crippen LogP contribution in [0.25, 0.3) is 11.7 Å². The number of hydrogen-bond acceptors (Lipinski definition) is 6. The van der Waals surface area contributed by atoms with Crippen molar-refractivity contribution in [1.82, 2.24) is 14.3 Å². The van der Waals surface area contributed by atoms with Crippen LogP contribution in [0.2, 0.25) is 0 Å². The lowest BCUT2D eigenvalue weighted by Gasteiger charge is -2.21. The first-order valence-electron chi connectivity index (χ1n) is 11.0. The third kappa shape index (κ3) is 5.30. The average Bonchev–Trinajstić information content (AvgIpc) is 3.04. The zero-order valence-corrected chi connectivity index (χ0v) is 20.5. The van der Waals surface area contributed by atoms with Gasteiger partial charge in [-0.05, 0) is 37.0 Å². The van der Waals surface area contributed by atoms with Crippen molar-refractivity contribution in [3.8, 4) is 0 Å². The molecule has 0 saturated carbocycles. The largest absolute Gasteiger partial charge is 0.366 e. The summed E-state index contributed by atoms with van der Waals surface area (Å²) >= 11 is 6.77. The number of rotatable bonds is 10. The molecule has 0 aliphatic carbocycles. The quantitative estimate of drug-likeness (QED) is 0.299. The van der Waals surface area contributed by atoms with Crippen LogP contribution in [0, 0.1) is 12.8 Å². The van der Waals surface area contributed by atoms with Crippen molar-refractivity contribution >= 4 is 51.7 Å². The number of unbranched alkanes of at least 4 members (excludes halogenated alkanes) is 1. The summed E-state index contributed by atoms with van der Waals surface area (Å²) in [6, 6.07) is 3.72. The summed E-state index contributed by atoms with van der Waals surface area (Å²) in [5.74, 6) is 0.703. The highest BCUT2D eigenvalue weighted by molar-refractivity contribution is 8.26. The molecule has 1 fully saturated rings. The van der Waals surface area contributed by atoms with Crippen molar-refractivity contribution < 1.29 is 4.79 Å². The fourth-order valence-corrected chi connectivity index (χ4v) is 4.91. The number of carbonyl (C=O) groups is 1. The van der Waals surface area contributed by atoms with E-state index in [1.165, 1.54) is 16.2 Å². The fourth-order valence-electron chi connectivity index (χ4n) is 3.66. The smallest absolute Gasteiger partial charge is 0.267 e. The summed E-state index contributed by atoms with van der Waals surface area (Å²) in [6.45, 7) is 11.0. The van der Waals surface area contributed by atoms with Gasteiger partial charge in [0.2, 0.25) is 0 Å². The van der Waals surface area contributed by atoms with Crippen LogP contribution in [0.4, 0.5) is 5.82 Å². The Labute approximate surface area is 198 Å². The minimum atomic E-state index is -0.232. The van der Waals surface area contributed by atoms with Gasteiger partial charge in [-0.25, -0.2) is 4.98 Å². The van der Waals surface area contributed by atoms with Crippen molar-refractivity contribution in [2.45, 2.75) is 46.5 Å². The van der Waals surface area contributed by atoms with Gasteiger partial charge in [-0.15, -0.1) is 6.58 Å². The van der Waals surface area contributed by atoms with Crippen LogP contribution < -0.4 is 10.9 Å². The number of thioether (sulfide) groups is 1. The predicted octanol–water partition coefficient (Wildman–Crippen LogP) is 5.02. The second kappa shape index (κ2) is 10.9. The maximum absolute atomic E-state index is 13.3. The monoisotopic (exact) mass is 470 g/mol. The van der Waals surface area contributed by atoms with Crippen LogP contribution in [-0.2, 0) is 4.79 Å². The van der Waals surface area contributed by atoms with Crippen molar-refractivity contribution in [1.29, 1.82) is 0 Å². The Morgan fingerprint density at radius 2 is 2.09 bits per heavy atom. The second-order valence-corrected chi connectivity index (χ2v) is 9.67. The van der Waals surface area contributed by atoms with Crippen molar-refractivity contribution in [2.75, 3.05) is 18.4 Å². The highest BCUT2D eigenvalue weighted by Crippen LogP contribution is 2.34. The molecule has 3 rings (SSSR count). The van der Waals surface area contributed by atoms with Gasteiger partial charge in [0.1, 0.15) is 15.8 Å². The Hall–Kier alpha value is -2.45. The molecule has 1 N–H and O–H groups in total. The first-order valence-corrected chi connectivity index (χ1v) is 12.2. The van der Waals surface area contributed by atoms with Crippen molar-refractivity contribution in [2.24, 2.45) is 5.92 Å². The Kier molecular flexibility index (Phi) is 8.26. The number of carbonyl (C=O) groups excluding carboxylic acids is 1. The van der Waals surface area contributed by atoms with Crippen LogP contribution in [0.5, 0.6) is 0 Å². The first-order chi connectivity index (χ1) is 15.4. The van der Waals surface area contributed by atoms with E-state index in [0.29, 0.717) is 45.3 Å². The molecule has 1 aliphatic rings. The lowest BCUT2D eigenvalue weighted by Crippen LogP contribution is -2.33. The molecule has 0 bridgehead atoms. The number of aryl methyl sites for hydroxylation is 1. The van der Waals surface area contributed by atoms with Crippen LogP contribution in [0.1, 0.15) is 50.7 Å². The standard InChI is InChI=1S/C24H30N4O2S2/c1-5-8-9-17(7-3)15-28-23(30)19(32-24(28)31)13-18-21(25-12-6-2)26-20-11-10-16(4)14-27(20)22(18)29/h6,10-11,13-14,17,25H,2,5,7-9,12,15H2,1,3-4H3/b19-13+. The second-order valence-electron chi connectivity index (χ2n) is 7.99. The van der Waals surface area contributed by atoms with Gasteiger partial charge in [0.05, 0.1) is 10.5 Å². The molecule has 0 aromatic carbocycles. The summed E-state index contributed by atoms with van der Waals surface area (Å²) in [5, 5.41) is 3.13. The number of nitrogens with one attached hydrogen (secondary N) is 1. The van der Waals surface area contributed by atoms with E-state index in [9.17, 15) is 9.59 Å². The summed E-state index contributed by atoms with van der Waals surface area (Å²) in [7, 11) is 0. The maximum atomic E-state index is 13.3. The highest BCUT2D eigenvalue weighted by Gasteiger charge is 2.33. The van der Waals surface area contributed by atoms with Gasteiger partial charge >= 0.3 is 0 Å². The minimum absolute atomic E-state index is 0.140. The molecule has 8 heteroatoms. The number of anilines is 1. The fraction of sp³-hybridized carbons (Fsp3) is 0.417. The van der Waals surface area contributed by atoms with E-state index in [4.69, 9.17) is 12.2 Å². The van der Waals surface area contributed by atoms with Crippen LogP contribution in [-0.4, -0.2) is 37.6 Å². The molecule has 1 atom stereocenters. The minimum Gasteiger partial charge on any atom is -0.366 e. The van der Waals surface area contributed by atoms with Gasteiger partial charge in [-0.2, -0.15) is 0 Å². The summed E-state index contributed by atoms with van der Waals surface area (Å²) in [5.41, 5.74) is 1.60. The molecule has 0 spiro atoms. The zero-order chi connectivity index (χ0) is 23.3. The number of pyridine rings is 1. The number of fused-ring (bicyclic) bond motifs is 1. The van der Waals surface area contributed by atoms with Gasteiger partial charge in [-0.3, -0.25) is 18.9 Å². The summed E-state index contributed by atoms with van der Waals surface area (Å²) in [6.07, 6.45) is 9.43. The molecule has 1 saturated heterocycles. The number of nitrogens with zero attached hydrogens (tertiary/aromatic N) is 3. The van der Waals surface area contributed by atoms with Crippen molar-refractivity contribution in [3.05, 3.63) is 57.4 Å². The number of aromatic nitrogens is 2. The summed E-state index contributed by atoms with van der Waals surface area (Å²) < 4.78 is 2.06. The molecule has 6 nitrogen and oxygen atoms in total. The Balaban J connectivity index is 1.99. The Morgan fingerprint density at radius 1 is 1.31 bits per heavy atom. The van der Waals surface area contributed by atoms with Crippen LogP contribution in [0.3, 0.4) is 0 Å². The van der Waals surface area contributed by atoms with E-state index in [-0.39, 0.29) is 11.5 Å². The van der Waals surface area contributed by atoms with E-state index in [2.05, 4.69) is 30.7 Å². The zero-order valence-electron chi connectivity index (χ0n) is 18.9. The Morgan fingerprint density at radius 3 is 2.78 bits per heavy atom. The third-order valence-electron chi connectivity index (χ3n) is 5.55. The van der Waals surface area contributed by atoms with E-state index in [1.54, 1.807) is 29.3 Å². The third-order valence-corrected chi connectivity index (χ3v) is 6.93. The molecule has 3 heterocycles. The van der Waals surface area contributed by atoms with Gasteiger partial charge in [0.25, 0.3) is 11.5 Å². The SMILES string of the molecule is C=CCNc1nc2ccc(C)cn2c(=O)c1/C=C1/SC(=S)N(CC(CC)CCCC)C1=O. The molecule has 1 aliphatic heterocycles. The molecule has 1 unspecified atom stereocenters. The lowest BCUT2D eigenvalue weighted by molar-refractivity contribution is -0.122. The molecule has 170 valence electrons. The van der Waals surface area contributed by atoms with E-state index < -0.39 is 0 Å².